The largest absolute Gasteiger partial charge is 0.459 e. The van der Waals surface area contributed by atoms with Gasteiger partial charge in [0.1, 0.15) is 12.6 Å². The van der Waals surface area contributed by atoms with Gasteiger partial charge in [-0.2, -0.15) is 0 Å². The summed E-state index contributed by atoms with van der Waals surface area (Å²) in [7, 11) is 0. The third kappa shape index (κ3) is 5.37. The van der Waals surface area contributed by atoms with E-state index in [2.05, 4.69) is 10.6 Å². The number of rotatable bonds is 7. The molecule has 7 nitrogen and oxygen atoms in total. The maximum Gasteiger partial charge on any atom is 0.329 e. The van der Waals surface area contributed by atoms with Crippen molar-refractivity contribution in [1.82, 2.24) is 10.6 Å². The molecule has 7 heteroatoms. The second-order valence-electron chi connectivity index (χ2n) is 5.47. The molecule has 1 aliphatic rings. The number of esters is 1. The van der Waals surface area contributed by atoms with E-state index in [-0.39, 0.29) is 25.0 Å². The van der Waals surface area contributed by atoms with Crippen LogP contribution < -0.4 is 16.4 Å². The van der Waals surface area contributed by atoms with Gasteiger partial charge in [0.05, 0.1) is 12.5 Å². The smallest absolute Gasteiger partial charge is 0.329 e. The fraction of sp³-hybridized carbons (Fsp3) is 0.438. The van der Waals surface area contributed by atoms with E-state index in [1.807, 2.05) is 30.3 Å². The highest BCUT2D eigenvalue weighted by Gasteiger charge is 2.29. The Morgan fingerprint density at radius 1 is 1.30 bits per heavy atom. The van der Waals surface area contributed by atoms with Crippen molar-refractivity contribution in [3.63, 3.8) is 0 Å². The molecule has 1 aromatic rings. The van der Waals surface area contributed by atoms with E-state index in [9.17, 15) is 14.4 Å². The Bertz CT molecular complexity index is 556. The standard InChI is InChI=1S/C16H21N3O4/c17-14(20)9-13(19-15(21)12-7-4-8-18-12)16(22)23-10-11-5-2-1-3-6-11/h1-3,5-6,12-13,18H,4,7-10H2,(H2,17,20)(H,19,21)/t12-,13-/m0/s1. The number of carbonyl (C=O) groups is 3. The molecule has 0 aliphatic carbocycles. The molecule has 2 rings (SSSR count). The van der Waals surface area contributed by atoms with Gasteiger partial charge in [0, 0.05) is 0 Å². The van der Waals surface area contributed by atoms with Crippen LogP contribution in [-0.4, -0.2) is 36.4 Å². The maximum absolute atomic E-state index is 12.1. The molecule has 4 N–H and O–H groups in total. The summed E-state index contributed by atoms with van der Waals surface area (Å²) < 4.78 is 5.17. The van der Waals surface area contributed by atoms with Crippen molar-refractivity contribution in [1.29, 1.82) is 0 Å². The molecular formula is C16H21N3O4. The summed E-state index contributed by atoms with van der Waals surface area (Å²) >= 11 is 0. The Hall–Kier alpha value is -2.41. The predicted molar refractivity (Wildman–Crippen MR) is 83.0 cm³/mol. The van der Waals surface area contributed by atoms with Gasteiger partial charge in [-0.1, -0.05) is 30.3 Å². The molecule has 1 fully saturated rings. The molecule has 1 heterocycles. The number of amides is 2. The number of nitrogens with two attached hydrogens (primary N) is 1. The molecule has 2 amide bonds. The minimum atomic E-state index is -1.06. The van der Waals surface area contributed by atoms with Gasteiger partial charge >= 0.3 is 5.97 Å². The number of carbonyl (C=O) groups excluding carboxylic acids is 3. The predicted octanol–water partition coefficient (Wildman–Crippen LogP) is -0.158. The molecule has 1 saturated heterocycles. The van der Waals surface area contributed by atoms with Crippen LogP contribution in [0, 0.1) is 0 Å². The van der Waals surface area contributed by atoms with Crippen molar-refractivity contribution in [2.24, 2.45) is 5.73 Å². The van der Waals surface area contributed by atoms with Crippen molar-refractivity contribution in [2.75, 3.05) is 6.54 Å². The van der Waals surface area contributed by atoms with Crippen LogP contribution in [-0.2, 0) is 25.7 Å². The van der Waals surface area contributed by atoms with Crippen LogP contribution in [0.25, 0.3) is 0 Å². The van der Waals surface area contributed by atoms with Crippen LogP contribution in [0.5, 0.6) is 0 Å². The molecule has 0 saturated carbocycles. The lowest BCUT2D eigenvalue weighted by atomic mass is 10.1. The van der Waals surface area contributed by atoms with Crippen LogP contribution in [0.15, 0.2) is 30.3 Å². The normalized spacial score (nSPS) is 18.2. The summed E-state index contributed by atoms with van der Waals surface area (Å²) in [5.41, 5.74) is 5.98. The van der Waals surface area contributed by atoms with Crippen molar-refractivity contribution < 1.29 is 19.1 Å². The summed E-state index contributed by atoms with van der Waals surface area (Å²) in [6, 6.07) is 7.75. The fourth-order valence-corrected chi connectivity index (χ4v) is 2.40. The van der Waals surface area contributed by atoms with Crippen molar-refractivity contribution in [2.45, 2.75) is 38.0 Å². The zero-order valence-electron chi connectivity index (χ0n) is 12.8. The SMILES string of the molecule is NC(=O)C[C@H](NC(=O)[C@@H]1CCCN1)C(=O)OCc1ccccc1. The van der Waals surface area contributed by atoms with E-state index >= 15 is 0 Å². The molecule has 0 spiro atoms. The average molecular weight is 319 g/mol. The molecule has 1 aromatic carbocycles. The van der Waals surface area contributed by atoms with Gasteiger partial charge in [0.2, 0.25) is 11.8 Å². The maximum atomic E-state index is 12.1. The molecule has 0 bridgehead atoms. The Morgan fingerprint density at radius 2 is 2.04 bits per heavy atom. The Labute approximate surface area is 134 Å². The van der Waals surface area contributed by atoms with Gasteiger partial charge < -0.3 is 21.1 Å². The minimum Gasteiger partial charge on any atom is -0.459 e. The van der Waals surface area contributed by atoms with Gasteiger partial charge in [-0.05, 0) is 24.9 Å². The lowest BCUT2D eigenvalue weighted by molar-refractivity contribution is -0.150. The van der Waals surface area contributed by atoms with Crippen LogP contribution in [0.2, 0.25) is 0 Å². The van der Waals surface area contributed by atoms with Crippen LogP contribution in [0.4, 0.5) is 0 Å². The quantitative estimate of drug-likeness (QED) is 0.605. The molecule has 0 unspecified atom stereocenters. The summed E-state index contributed by atoms with van der Waals surface area (Å²) in [5.74, 6) is -1.66. The summed E-state index contributed by atoms with van der Waals surface area (Å²) in [5, 5.41) is 5.58. The number of benzene rings is 1. The Morgan fingerprint density at radius 3 is 2.65 bits per heavy atom. The Balaban J connectivity index is 1.91. The van der Waals surface area contributed by atoms with E-state index < -0.39 is 17.9 Å². The van der Waals surface area contributed by atoms with E-state index in [1.54, 1.807) is 0 Å². The Kier molecular flexibility index (Phi) is 6.10. The summed E-state index contributed by atoms with van der Waals surface area (Å²) in [6.07, 6.45) is 1.32. The van der Waals surface area contributed by atoms with Gasteiger partial charge in [-0.3, -0.25) is 9.59 Å². The lowest BCUT2D eigenvalue weighted by Gasteiger charge is -2.19. The van der Waals surface area contributed by atoms with Crippen LogP contribution in [0.1, 0.15) is 24.8 Å². The molecule has 0 aromatic heterocycles. The third-order valence-electron chi connectivity index (χ3n) is 3.61. The highest BCUT2D eigenvalue weighted by atomic mass is 16.5. The van der Waals surface area contributed by atoms with Crippen LogP contribution >= 0.6 is 0 Å². The fourth-order valence-electron chi connectivity index (χ4n) is 2.40. The number of ether oxygens (including phenoxy) is 1. The molecule has 0 radical (unpaired) electrons. The van der Waals surface area contributed by atoms with E-state index in [4.69, 9.17) is 10.5 Å². The van der Waals surface area contributed by atoms with Crippen LogP contribution in [0.3, 0.4) is 0 Å². The minimum absolute atomic E-state index is 0.0759. The van der Waals surface area contributed by atoms with E-state index in [0.29, 0.717) is 6.42 Å². The molecule has 2 atom stereocenters. The molecule has 23 heavy (non-hydrogen) atoms. The van der Waals surface area contributed by atoms with E-state index in [1.165, 1.54) is 0 Å². The topological polar surface area (TPSA) is 111 Å². The third-order valence-corrected chi connectivity index (χ3v) is 3.61. The highest BCUT2D eigenvalue weighted by Crippen LogP contribution is 2.07. The van der Waals surface area contributed by atoms with Gasteiger partial charge in [-0.15, -0.1) is 0 Å². The van der Waals surface area contributed by atoms with Crippen molar-refractivity contribution in [3.05, 3.63) is 35.9 Å². The molecular weight excluding hydrogens is 298 g/mol. The second-order valence-corrected chi connectivity index (χ2v) is 5.47. The first-order chi connectivity index (χ1) is 11.1. The summed E-state index contributed by atoms with van der Waals surface area (Å²) in [6.45, 7) is 0.837. The first-order valence-corrected chi connectivity index (χ1v) is 7.59. The number of hydrogen-bond acceptors (Lipinski definition) is 5. The monoisotopic (exact) mass is 319 g/mol. The number of hydrogen-bond donors (Lipinski definition) is 3. The zero-order valence-corrected chi connectivity index (χ0v) is 12.8. The lowest BCUT2D eigenvalue weighted by Crippen LogP contribution is -2.50. The highest BCUT2D eigenvalue weighted by molar-refractivity contribution is 5.90. The van der Waals surface area contributed by atoms with Gasteiger partial charge in [0.25, 0.3) is 0 Å². The van der Waals surface area contributed by atoms with E-state index in [0.717, 1.165) is 18.5 Å². The van der Waals surface area contributed by atoms with Crippen molar-refractivity contribution in [3.8, 4) is 0 Å². The second kappa shape index (κ2) is 8.28. The van der Waals surface area contributed by atoms with Gasteiger partial charge in [0.15, 0.2) is 0 Å². The average Bonchev–Trinajstić information content (AvgIpc) is 3.07. The molecule has 1 aliphatic heterocycles. The first kappa shape index (κ1) is 17.0. The van der Waals surface area contributed by atoms with Crippen molar-refractivity contribution >= 4 is 17.8 Å². The van der Waals surface area contributed by atoms with Gasteiger partial charge in [-0.25, -0.2) is 4.79 Å². The first-order valence-electron chi connectivity index (χ1n) is 7.59. The molecule has 124 valence electrons. The number of primary amides is 1. The zero-order chi connectivity index (χ0) is 16.7. The summed E-state index contributed by atoms with van der Waals surface area (Å²) in [4.78, 5) is 35.4. The number of nitrogens with one attached hydrogen (secondary N) is 2.